The highest BCUT2D eigenvalue weighted by Crippen LogP contribution is 2.36. The van der Waals surface area contributed by atoms with Crippen molar-refractivity contribution in [2.24, 2.45) is 0 Å². The normalized spacial score (nSPS) is 10.8. The van der Waals surface area contributed by atoms with Crippen molar-refractivity contribution in [3.63, 3.8) is 0 Å². The van der Waals surface area contributed by atoms with E-state index in [9.17, 15) is 14.0 Å². The van der Waals surface area contributed by atoms with Gasteiger partial charge < -0.3 is 19.4 Å². The molecule has 2 aromatic heterocycles. The molecular weight excluding hydrogens is 515 g/mol. The van der Waals surface area contributed by atoms with E-state index in [-0.39, 0.29) is 24.1 Å². The van der Waals surface area contributed by atoms with Crippen LogP contribution in [0.1, 0.15) is 28.7 Å². The van der Waals surface area contributed by atoms with Crippen LogP contribution >= 0.6 is 23.1 Å². The maximum atomic E-state index is 13.1. The van der Waals surface area contributed by atoms with Crippen molar-refractivity contribution >= 4 is 40.0 Å². The summed E-state index contributed by atoms with van der Waals surface area (Å²) in [5.41, 5.74) is 3.00. The topological polar surface area (TPSA) is 95.3 Å². The molecule has 37 heavy (non-hydrogen) atoms. The van der Waals surface area contributed by atoms with E-state index in [4.69, 9.17) is 9.47 Å². The maximum Gasteiger partial charge on any atom is 0.341 e. The third-order valence-corrected chi connectivity index (χ3v) is 7.28. The molecule has 8 nitrogen and oxygen atoms in total. The number of thiophene rings is 1. The van der Waals surface area contributed by atoms with E-state index in [0.717, 1.165) is 11.1 Å². The number of anilines is 1. The minimum absolute atomic E-state index is 0.0648. The van der Waals surface area contributed by atoms with Crippen molar-refractivity contribution in [1.29, 1.82) is 0 Å². The lowest BCUT2D eigenvalue weighted by molar-refractivity contribution is -0.113. The van der Waals surface area contributed by atoms with Gasteiger partial charge in [-0.2, -0.15) is 0 Å². The van der Waals surface area contributed by atoms with Crippen molar-refractivity contribution in [1.82, 2.24) is 14.8 Å². The number of aryl methyl sites for hydroxylation is 1. The fourth-order valence-electron chi connectivity index (χ4n) is 3.52. The molecule has 0 saturated carbocycles. The first-order valence-corrected chi connectivity index (χ1v) is 13.3. The van der Waals surface area contributed by atoms with Crippen molar-refractivity contribution in [3.05, 3.63) is 76.7 Å². The number of halogens is 1. The Morgan fingerprint density at radius 2 is 1.84 bits per heavy atom. The monoisotopic (exact) mass is 540 g/mol. The average Bonchev–Trinajstić information content (AvgIpc) is 3.50. The van der Waals surface area contributed by atoms with Crippen molar-refractivity contribution in [2.75, 3.05) is 18.2 Å². The Labute approximate surface area is 221 Å². The van der Waals surface area contributed by atoms with Gasteiger partial charge in [-0.05, 0) is 43.7 Å². The van der Waals surface area contributed by atoms with Crippen LogP contribution < -0.4 is 10.1 Å². The van der Waals surface area contributed by atoms with Crippen LogP contribution in [-0.2, 0) is 22.7 Å². The number of esters is 1. The first-order chi connectivity index (χ1) is 17.9. The predicted molar refractivity (Wildman–Crippen MR) is 142 cm³/mol. The Bertz CT molecular complexity index is 1380. The molecule has 0 spiro atoms. The molecule has 0 radical (unpaired) electrons. The SMILES string of the molecule is CCn1c(COc2ccc(F)cc2)nnc1SCC(=O)Nc1scc(-c2ccc(C)cc2)c1C(=O)OC. The number of ether oxygens (including phenoxy) is 2. The quantitative estimate of drug-likeness (QED) is 0.208. The summed E-state index contributed by atoms with van der Waals surface area (Å²) in [6.45, 7) is 4.66. The molecule has 0 aliphatic carbocycles. The minimum atomic E-state index is -0.517. The van der Waals surface area contributed by atoms with Gasteiger partial charge in [-0.1, -0.05) is 41.6 Å². The van der Waals surface area contributed by atoms with Crippen molar-refractivity contribution < 1.29 is 23.5 Å². The largest absolute Gasteiger partial charge is 0.486 e. The molecule has 4 rings (SSSR count). The first-order valence-electron chi connectivity index (χ1n) is 11.4. The van der Waals surface area contributed by atoms with Crippen LogP contribution in [0.4, 0.5) is 9.39 Å². The van der Waals surface area contributed by atoms with Gasteiger partial charge in [-0.15, -0.1) is 21.5 Å². The Kier molecular flexibility index (Phi) is 8.57. The number of amides is 1. The fraction of sp³-hybridized carbons (Fsp3) is 0.231. The van der Waals surface area contributed by atoms with Gasteiger partial charge in [0, 0.05) is 17.5 Å². The lowest BCUT2D eigenvalue weighted by Gasteiger charge is -2.09. The molecule has 0 aliphatic rings. The van der Waals surface area contributed by atoms with Crippen LogP contribution in [0.5, 0.6) is 5.75 Å². The smallest absolute Gasteiger partial charge is 0.341 e. The van der Waals surface area contributed by atoms with E-state index in [0.29, 0.717) is 39.4 Å². The Hall–Kier alpha value is -3.70. The average molecular weight is 541 g/mol. The second-order valence-corrected chi connectivity index (χ2v) is 9.76. The van der Waals surface area contributed by atoms with Crippen LogP contribution in [0.3, 0.4) is 0 Å². The molecular formula is C26H25FN4O4S2. The summed E-state index contributed by atoms with van der Waals surface area (Å²) in [4.78, 5) is 25.4. The molecule has 0 unspecified atom stereocenters. The van der Waals surface area contributed by atoms with Crippen molar-refractivity contribution in [3.8, 4) is 16.9 Å². The van der Waals surface area contributed by atoms with E-state index in [2.05, 4.69) is 15.5 Å². The predicted octanol–water partition coefficient (Wildman–Crippen LogP) is 5.57. The fourth-order valence-corrected chi connectivity index (χ4v) is 5.32. The summed E-state index contributed by atoms with van der Waals surface area (Å²) >= 11 is 2.50. The summed E-state index contributed by atoms with van der Waals surface area (Å²) in [7, 11) is 1.31. The zero-order valence-electron chi connectivity index (χ0n) is 20.5. The second-order valence-electron chi connectivity index (χ2n) is 7.93. The van der Waals surface area contributed by atoms with Gasteiger partial charge in [0.1, 0.15) is 28.7 Å². The van der Waals surface area contributed by atoms with Gasteiger partial charge in [0.05, 0.1) is 12.9 Å². The first kappa shape index (κ1) is 26.4. The number of aromatic nitrogens is 3. The van der Waals surface area contributed by atoms with Gasteiger partial charge in [0.15, 0.2) is 11.0 Å². The highest BCUT2D eigenvalue weighted by Gasteiger charge is 2.23. The number of thioether (sulfide) groups is 1. The molecule has 2 aromatic carbocycles. The molecule has 2 heterocycles. The molecule has 1 amide bonds. The van der Waals surface area contributed by atoms with Crippen LogP contribution in [0.25, 0.3) is 11.1 Å². The van der Waals surface area contributed by atoms with Gasteiger partial charge in [0.25, 0.3) is 0 Å². The van der Waals surface area contributed by atoms with E-state index in [1.807, 2.05) is 48.1 Å². The number of nitrogens with zero attached hydrogens (tertiary/aromatic N) is 3. The number of rotatable bonds is 10. The van der Waals surface area contributed by atoms with E-state index in [1.165, 1.54) is 42.3 Å². The third kappa shape index (κ3) is 6.36. The van der Waals surface area contributed by atoms with Gasteiger partial charge in [-0.3, -0.25) is 4.79 Å². The highest BCUT2D eigenvalue weighted by molar-refractivity contribution is 7.99. The minimum Gasteiger partial charge on any atom is -0.486 e. The Morgan fingerprint density at radius 3 is 2.51 bits per heavy atom. The Balaban J connectivity index is 1.42. The number of hydrogen-bond donors (Lipinski definition) is 1. The van der Waals surface area contributed by atoms with Crippen molar-refractivity contribution in [2.45, 2.75) is 32.2 Å². The third-order valence-electron chi connectivity index (χ3n) is 5.42. The van der Waals surface area contributed by atoms with E-state index >= 15 is 0 Å². The zero-order chi connectivity index (χ0) is 26.4. The lowest BCUT2D eigenvalue weighted by atomic mass is 10.0. The van der Waals surface area contributed by atoms with E-state index < -0.39 is 5.97 Å². The molecule has 0 aliphatic heterocycles. The number of carbonyl (C=O) groups is 2. The lowest BCUT2D eigenvalue weighted by Crippen LogP contribution is -2.16. The summed E-state index contributed by atoms with van der Waals surface area (Å²) in [6.07, 6.45) is 0. The maximum absolute atomic E-state index is 13.1. The summed E-state index contributed by atoms with van der Waals surface area (Å²) in [5.74, 6) is 0.0221. The van der Waals surface area contributed by atoms with Crippen LogP contribution in [0.15, 0.2) is 59.1 Å². The standard InChI is InChI=1S/C26H25FN4O4S2/c1-4-31-21(13-35-19-11-9-18(27)10-12-19)29-30-26(31)37-15-22(32)28-24-23(25(33)34-3)20(14-36-24)17-7-5-16(2)6-8-17/h5-12,14H,4,13,15H2,1-3H3,(H,28,32). The van der Waals surface area contributed by atoms with Crippen LogP contribution in [-0.4, -0.2) is 39.5 Å². The number of hydrogen-bond acceptors (Lipinski definition) is 8. The molecule has 11 heteroatoms. The highest BCUT2D eigenvalue weighted by atomic mass is 32.2. The number of benzene rings is 2. The van der Waals surface area contributed by atoms with E-state index in [1.54, 1.807) is 12.1 Å². The molecule has 1 N–H and O–H groups in total. The number of carbonyl (C=O) groups excluding carboxylic acids is 2. The van der Waals surface area contributed by atoms with Crippen LogP contribution in [0, 0.1) is 12.7 Å². The molecule has 0 fully saturated rings. The number of nitrogens with one attached hydrogen (secondary N) is 1. The zero-order valence-corrected chi connectivity index (χ0v) is 22.1. The molecule has 0 atom stereocenters. The van der Waals surface area contributed by atoms with Gasteiger partial charge >= 0.3 is 5.97 Å². The molecule has 192 valence electrons. The summed E-state index contributed by atoms with van der Waals surface area (Å²) in [6, 6.07) is 13.5. The summed E-state index contributed by atoms with van der Waals surface area (Å²) in [5, 5.41) is 14.0. The second kappa shape index (κ2) is 12.0. The molecule has 0 bridgehead atoms. The van der Waals surface area contributed by atoms with Gasteiger partial charge in [0.2, 0.25) is 5.91 Å². The Morgan fingerprint density at radius 1 is 1.11 bits per heavy atom. The molecule has 0 saturated heterocycles. The van der Waals surface area contributed by atoms with Crippen LogP contribution in [0.2, 0.25) is 0 Å². The number of methoxy groups -OCH3 is 1. The summed E-state index contributed by atoms with van der Waals surface area (Å²) < 4.78 is 25.6. The molecule has 4 aromatic rings. The van der Waals surface area contributed by atoms with Gasteiger partial charge in [-0.25, -0.2) is 9.18 Å².